The van der Waals surface area contributed by atoms with Crippen molar-refractivity contribution in [3.05, 3.63) is 82.9 Å². The molecule has 31 heavy (non-hydrogen) atoms. The van der Waals surface area contributed by atoms with Crippen LogP contribution >= 0.6 is 0 Å². The minimum atomic E-state index is -3.81. The van der Waals surface area contributed by atoms with Gasteiger partial charge in [0.1, 0.15) is 5.75 Å². The number of methoxy groups -OCH3 is 1. The molecule has 0 heterocycles. The lowest BCUT2D eigenvalue weighted by Gasteiger charge is -2.22. The van der Waals surface area contributed by atoms with Gasteiger partial charge in [0.2, 0.25) is 0 Å². The molecule has 0 radical (unpaired) electrons. The van der Waals surface area contributed by atoms with Crippen LogP contribution in [0.3, 0.4) is 0 Å². The summed E-state index contributed by atoms with van der Waals surface area (Å²) in [5, 5.41) is 2.92. The molecule has 6 nitrogen and oxygen atoms in total. The monoisotopic (exact) mass is 438 g/mol. The molecule has 1 N–H and O–H groups in total. The second-order valence-electron chi connectivity index (χ2n) is 7.35. The van der Waals surface area contributed by atoms with Crippen LogP contribution in [0.25, 0.3) is 0 Å². The SMILES string of the molecule is COc1ccc(S(=O)(=O)N(C)c2cc(C(=O)Nc3cccc(C)c3C)ccc2C)cc1. The molecule has 162 valence electrons. The molecule has 0 unspecified atom stereocenters. The van der Waals surface area contributed by atoms with Gasteiger partial charge in [-0.05, 0) is 79.9 Å². The van der Waals surface area contributed by atoms with Crippen molar-refractivity contribution < 1.29 is 17.9 Å². The Morgan fingerprint density at radius 3 is 2.26 bits per heavy atom. The highest BCUT2D eigenvalue weighted by Crippen LogP contribution is 2.28. The highest BCUT2D eigenvalue weighted by Gasteiger charge is 2.23. The van der Waals surface area contributed by atoms with E-state index in [1.54, 1.807) is 30.3 Å². The van der Waals surface area contributed by atoms with E-state index < -0.39 is 10.0 Å². The van der Waals surface area contributed by atoms with E-state index in [1.807, 2.05) is 39.0 Å². The number of hydrogen-bond donors (Lipinski definition) is 1. The molecule has 0 aliphatic heterocycles. The number of amides is 1. The summed E-state index contributed by atoms with van der Waals surface area (Å²) in [6.45, 7) is 5.73. The lowest BCUT2D eigenvalue weighted by molar-refractivity contribution is 0.102. The molecule has 0 aliphatic rings. The Hall–Kier alpha value is -3.32. The maximum Gasteiger partial charge on any atom is 0.264 e. The van der Waals surface area contributed by atoms with Crippen molar-refractivity contribution in [1.29, 1.82) is 0 Å². The van der Waals surface area contributed by atoms with Gasteiger partial charge in [-0.3, -0.25) is 9.10 Å². The number of anilines is 2. The van der Waals surface area contributed by atoms with E-state index in [2.05, 4.69) is 5.32 Å². The number of nitrogens with zero attached hydrogens (tertiary/aromatic N) is 1. The molecule has 0 fully saturated rings. The molecule has 0 bridgehead atoms. The normalized spacial score (nSPS) is 11.1. The topological polar surface area (TPSA) is 75.7 Å². The number of sulfonamides is 1. The summed E-state index contributed by atoms with van der Waals surface area (Å²) in [5.41, 5.74) is 4.34. The number of aryl methyl sites for hydroxylation is 2. The van der Waals surface area contributed by atoms with Crippen LogP contribution in [-0.4, -0.2) is 28.5 Å². The molecule has 0 atom stereocenters. The number of hydrogen-bond acceptors (Lipinski definition) is 4. The maximum atomic E-state index is 13.1. The molecule has 3 aromatic carbocycles. The quantitative estimate of drug-likeness (QED) is 0.605. The molecular formula is C24H26N2O4S. The van der Waals surface area contributed by atoms with Crippen molar-refractivity contribution in [2.45, 2.75) is 25.7 Å². The lowest BCUT2D eigenvalue weighted by atomic mass is 10.1. The highest BCUT2D eigenvalue weighted by molar-refractivity contribution is 7.92. The zero-order valence-corrected chi connectivity index (χ0v) is 19.1. The summed E-state index contributed by atoms with van der Waals surface area (Å²) in [6.07, 6.45) is 0. The third-order valence-electron chi connectivity index (χ3n) is 5.38. The van der Waals surface area contributed by atoms with Gasteiger partial charge >= 0.3 is 0 Å². The number of ether oxygens (including phenoxy) is 1. The Labute approximate surface area is 183 Å². The van der Waals surface area contributed by atoms with E-state index in [0.29, 0.717) is 17.0 Å². The average Bonchev–Trinajstić information content (AvgIpc) is 2.76. The van der Waals surface area contributed by atoms with E-state index >= 15 is 0 Å². The first-order valence-corrected chi connectivity index (χ1v) is 11.2. The minimum absolute atomic E-state index is 0.139. The maximum absolute atomic E-state index is 13.1. The largest absolute Gasteiger partial charge is 0.497 e. The average molecular weight is 439 g/mol. The van der Waals surface area contributed by atoms with Crippen LogP contribution in [0, 0.1) is 20.8 Å². The van der Waals surface area contributed by atoms with Gasteiger partial charge in [-0.15, -0.1) is 0 Å². The summed E-state index contributed by atoms with van der Waals surface area (Å²) >= 11 is 0. The van der Waals surface area contributed by atoms with Crippen molar-refractivity contribution in [3.8, 4) is 5.75 Å². The molecule has 0 saturated carbocycles. The van der Waals surface area contributed by atoms with Crippen LogP contribution < -0.4 is 14.4 Å². The summed E-state index contributed by atoms with van der Waals surface area (Å²) in [6, 6.07) is 16.9. The predicted molar refractivity (Wildman–Crippen MR) is 124 cm³/mol. The molecule has 3 aromatic rings. The molecule has 0 aromatic heterocycles. The molecule has 0 aliphatic carbocycles. The number of rotatable bonds is 6. The van der Waals surface area contributed by atoms with E-state index in [0.717, 1.165) is 22.4 Å². The minimum Gasteiger partial charge on any atom is -0.497 e. The van der Waals surface area contributed by atoms with Crippen molar-refractivity contribution in [3.63, 3.8) is 0 Å². The van der Waals surface area contributed by atoms with Crippen LogP contribution in [0.2, 0.25) is 0 Å². The van der Waals surface area contributed by atoms with Gasteiger partial charge < -0.3 is 10.1 Å². The first-order valence-electron chi connectivity index (χ1n) is 9.76. The second-order valence-corrected chi connectivity index (χ2v) is 9.32. The Bertz CT molecular complexity index is 1220. The Morgan fingerprint density at radius 2 is 1.61 bits per heavy atom. The Balaban J connectivity index is 1.92. The lowest BCUT2D eigenvalue weighted by Crippen LogP contribution is -2.27. The van der Waals surface area contributed by atoms with Gasteiger partial charge in [-0.2, -0.15) is 0 Å². The fourth-order valence-corrected chi connectivity index (χ4v) is 4.46. The fraction of sp³-hybridized carbons (Fsp3) is 0.208. The standard InChI is InChI=1S/C24H26N2O4S/c1-16-7-6-8-22(18(16)3)25-24(27)19-10-9-17(2)23(15-19)26(4)31(28,29)21-13-11-20(30-5)12-14-21/h6-15H,1-5H3,(H,25,27). The predicted octanol–water partition coefficient (Wildman–Crippen LogP) is 4.70. The first-order chi connectivity index (χ1) is 14.6. The Morgan fingerprint density at radius 1 is 0.935 bits per heavy atom. The number of benzene rings is 3. The highest BCUT2D eigenvalue weighted by atomic mass is 32.2. The van der Waals surface area contributed by atoms with Gasteiger partial charge in [0, 0.05) is 18.3 Å². The fourth-order valence-electron chi connectivity index (χ4n) is 3.21. The van der Waals surface area contributed by atoms with Crippen LogP contribution in [0.15, 0.2) is 65.6 Å². The number of carbonyl (C=O) groups excluding carboxylic acids is 1. The zero-order valence-electron chi connectivity index (χ0n) is 18.3. The Kier molecular flexibility index (Phi) is 6.36. The molecule has 7 heteroatoms. The summed E-state index contributed by atoms with van der Waals surface area (Å²) in [4.78, 5) is 13.0. The van der Waals surface area contributed by atoms with Gasteiger partial charge in [0.25, 0.3) is 15.9 Å². The molecular weight excluding hydrogens is 412 g/mol. The first kappa shape index (κ1) is 22.4. The third kappa shape index (κ3) is 4.56. The third-order valence-corrected chi connectivity index (χ3v) is 7.17. The van der Waals surface area contributed by atoms with Crippen LogP contribution in [0.4, 0.5) is 11.4 Å². The van der Waals surface area contributed by atoms with E-state index in [-0.39, 0.29) is 10.8 Å². The zero-order chi connectivity index (χ0) is 22.8. The molecule has 0 spiro atoms. The molecule has 3 rings (SSSR count). The summed E-state index contributed by atoms with van der Waals surface area (Å²) in [5.74, 6) is 0.271. The number of carbonyl (C=O) groups is 1. The summed E-state index contributed by atoms with van der Waals surface area (Å²) in [7, 11) is -0.805. The van der Waals surface area contributed by atoms with E-state index in [4.69, 9.17) is 4.74 Å². The summed E-state index contributed by atoms with van der Waals surface area (Å²) < 4.78 is 32.5. The molecule has 1 amide bonds. The van der Waals surface area contributed by atoms with Crippen LogP contribution in [-0.2, 0) is 10.0 Å². The smallest absolute Gasteiger partial charge is 0.264 e. The van der Waals surface area contributed by atoms with E-state index in [1.165, 1.54) is 30.6 Å². The van der Waals surface area contributed by atoms with Crippen molar-refractivity contribution in [2.75, 3.05) is 23.8 Å². The second kappa shape index (κ2) is 8.81. The van der Waals surface area contributed by atoms with Crippen molar-refractivity contribution >= 4 is 27.3 Å². The van der Waals surface area contributed by atoms with Gasteiger partial charge in [-0.1, -0.05) is 18.2 Å². The van der Waals surface area contributed by atoms with Gasteiger partial charge in [0.15, 0.2) is 0 Å². The van der Waals surface area contributed by atoms with Crippen LogP contribution in [0.5, 0.6) is 5.75 Å². The van der Waals surface area contributed by atoms with Crippen molar-refractivity contribution in [2.24, 2.45) is 0 Å². The number of nitrogens with one attached hydrogen (secondary N) is 1. The van der Waals surface area contributed by atoms with Crippen molar-refractivity contribution in [1.82, 2.24) is 0 Å². The van der Waals surface area contributed by atoms with E-state index in [9.17, 15) is 13.2 Å². The van der Waals surface area contributed by atoms with Gasteiger partial charge in [0.05, 0.1) is 17.7 Å². The molecule has 0 saturated heterocycles. The van der Waals surface area contributed by atoms with Gasteiger partial charge in [-0.25, -0.2) is 8.42 Å². The van der Waals surface area contributed by atoms with Crippen LogP contribution in [0.1, 0.15) is 27.0 Å².